The van der Waals surface area contributed by atoms with Gasteiger partial charge in [0.1, 0.15) is 5.82 Å². The lowest BCUT2D eigenvalue weighted by Crippen LogP contribution is -2.01. The molecule has 0 fully saturated rings. The Morgan fingerprint density at radius 1 is 1.16 bits per heavy atom. The van der Waals surface area contributed by atoms with Crippen molar-refractivity contribution in [3.63, 3.8) is 0 Å². The molecule has 0 radical (unpaired) electrons. The monoisotopic (exact) mass is 432 g/mol. The van der Waals surface area contributed by atoms with Crippen LogP contribution in [-0.4, -0.2) is 25.9 Å². The number of hydrogen-bond donors (Lipinski definition) is 0. The molecule has 4 aromatic rings. The van der Waals surface area contributed by atoms with Crippen molar-refractivity contribution in [3.05, 3.63) is 88.8 Å². The molecule has 0 saturated carbocycles. The predicted molar refractivity (Wildman–Crippen MR) is 116 cm³/mol. The van der Waals surface area contributed by atoms with Gasteiger partial charge < -0.3 is 9.26 Å². The molecule has 2 aromatic carbocycles. The molecule has 2 heterocycles. The van der Waals surface area contributed by atoms with Crippen LogP contribution in [0.1, 0.15) is 28.4 Å². The van der Waals surface area contributed by atoms with Crippen LogP contribution >= 0.6 is 0 Å². The molecule has 0 N–H and O–H groups in total. The Balaban J connectivity index is 1.40. The third-order valence-electron chi connectivity index (χ3n) is 4.97. The van der Waals surface area contributed by atoms with Crippen LogP contribution in [0, 0.1) is 26.6 Å². The molecular formula is C24H21FN4O3. The number of hydrogen-bond acceptors (Lipinski definition) is 6. The van der Waals surface area contributed by atoms with Crippen LogP contribution < -0.4 is 0 Å². The Morgan fingerprint density at radius 3 is 2.69 bits per heavy atom. The highest BCUT2D eigenvalue weighted by atomic mass is 19.1. The molecule has 0 aliphatic heterocycles. The number of ether oxygens (including phenoxy) is 1. The van der Waals surface area contributed by atoms with Crippen molar-refractivity contribution in [1.82, 2.24) is 19.9 Å². The highest BCUT2D eigenvalue weighted by Gasteiger charge is 2.13. The van der Waals surface area contributed by atoms with Gasteiger partial charge in [-0.1, -0.05) is 35.5 Å². The molecule has 2 aromatic heterocycles. The lowest BCUT2D eigenvalue weighted by Gasteiger charge is -2.03. The molecule has 162 valence electrons. The zero-order valence-electron chi connectivity index (χ0n) is 17.9. The van der Waals surface area contributed by atoms with E-state index in [1.54, 1.807) is 25.1 Å². The van der Waals surface area contributed by atoms with E-state index in [0.29, 0.717) is 11.1 Å². The van der Waals surface area contributed by atoms with Crippen LogP contribution in [0.4, 0.5) is 4.39 Å². The Labute approximate surface area is 184 Å². The fourth-order valence-corrected chi connectivity index (χ4v) is 3.21. The SMILES string of the molecule is Cc1ccc(-c2noc(COC(=O)/C=C/c3c(C)nn(-c4ccccc4)c3C)n2)cc1F. The van der Waals surface area contributed by atoms with Gasteiger partial charge in [0.25, 0.3) is 5.89 Å². The topological polar surface area (TPSA) is 83.0 Å². The van der Waals surface area contributed by atoms with E-state index >= 15 is 0 Å². The standard InChI is InChI=1S/C24H21FN4O3/c1-15-9-10-18(13-21(15)25)24-26-22(32-28-24)14-31-23(30)12-11-20-16(2)27-29(17(20)3)19-7-5-4-6-8-19/h4-13H,14H2,1-3H3/b12-11+. The lowest BCUT2D eigenvalue weighted by atomic mass is 10.1. The smallest absolute Gasteiger partial charge is 0.331 e. The molecule has 0 spiro atoms. The van der Waals surface area contributed by atoms with Gasteiger partial charge in [-0.2, -0.15) is 10.1 Å². The van der Waals surface area contributed by atoms with Crippen LogP contribution in [0.25, 0.3) is 23.2 Å². The first-order valence-electron chi connectivity index (χ1n) is 9.98. The predicted octanol–water partition coefficient (Wildman–Crippen LogP) is 4.74. The van der Waals surface area contributed by atoms with Gasteiger partial charge in [0.2, 0.25) is 5.82 Å². The number of carbonyl (C=O) groups is 1. The van der Waals surface area contributed by atoms with E-state index in [9.17, 15) is 9.18 Å². The van der Waals surface area contributed by atoms with Crippen molar-refractivity contribution in [2.75, 3.05) is 0 Å². The van der Waals surface area contributed by atoms with Crippen molar-refractivity contribution in [3.8, 4) is 17.1 Å². The molecule has 0 aliphatic rings. The minimum atomic E-state index is -0.558. The van der Waals surface area contributed by atoms with Crippen LogP contribution in [0.15, 0.2) is 59.1 Å². The number of aryl methyl sites for hydroxylation is 2. The maximum atomic E-state index is 13.7. The first-order chi connectivity index (χ1) is 15.4. The summed E-state index contributed by atoms with van der Waals surface area (Å²) in [5, 5.41) is 8.36. The zero-order valence-corrected chi connectivity index (χ0v) is 17.9. The van der Waals surface area contributed by atoms with E-state index in [-0.39, 0.29) is 24.1 Å². The Bertz CT molecular complexity index is 1290. The second kappa shape index (κ2) is 8.97. The summed E-state index contributed by atoms with van der Waals surface area (Å²) in [6.45, 7) is 5.30. The summed E-state index contributed by atoms with van der Waals surface area (Å²) in [6, 6.07) is 14.4. The van der Waals surface area contributed by atoms with Crippen LogP contribution in [0.3, 0.4) is 0 Å². The number of nitrogens with zero attached hydrogens (tertiary/aromatic N) is 4. The lowest BCUT2D eigenvalue weighted by molar-refractivity contribution is -0.139. The third-order valence-corrected chi connectivity index (χ3v) is 4.97. The third kappa shape index (κ3) is 4.49. The summed E-state index contributed by atoms with van der Waals surface area (Å²) < 4.78 is 25.8. The first-order valence-corrected chi connectivity index (χ1v) is 9.98. The average molecular weight is 432 g/mol. The molecule has 32 heavy (non-hydrogen) atoms. The van der Waals surface area contributed by atoms with E-state index in [2.05, 4.69) is 15.2 Å². The summed E-state index contributed by atoms with van der Waals surface area (Å²) in [5.41, 5.74) is 4.49. The molecule has 0 aliphatic carbocycles. The Kier molecular flexibility index (Phi) is 5.93. The number of para-hydroxylation sites is 1. The molecule has 0 bridgehead atoms. The largest absolute Gasteiger partial charge is 0.452 e. The molecule has 0 saturated heterocycles. The number of carbonyl (C=O) groups excluding carboxylic acids is 1. The summed E-state index contributed by atoms with van der Waals surface area (Å²) in [7, 11) is 0. The molecule has 0 unspecified atom stereocenters. The second-order valence-corrected chi connectivity index (χ2v) is 7.25. The van der Waals surface area contributed by atoms with Crippen molar-refractivity contribution in [2.24, 2.45) is 0 Å². The number of halogens is 1. The van der Waals surface area contributed by atoms with Gasteiger partial charge in [-0.15, -0.1) is 0 Å². The number of benzene rings is 2. The van der Waals surface area contributed by atoms with Gasteiger partial charge in [-0.25, -0.2) is 13.9 Å². The fraction of sp³-hybridized carbons (Fsp3) is 0.167. The van der Waals surface area contributed by atoms with Gasteiger partial charge >= 0.3 is 5.97 Å². The van der Waals surface area contributed by atoms with Gasteiger partial charge in [0.05, 0.1) is 11.4 Å². The zero-order chi connectivity index (χ0) is 22.7. The van der Waals surface area contributed by atoms with E-state index < -0.39 is 5.97 Å². The van der Waals surface area contributed by atoms with Crippen LogP contribution in [0.2, 0.25) is 0 Å². The van der Waals surface area contributed by atoms with E-state index in [0.717, 1.165) is 22.6 Å². The normalized spacial score (nSPS) is 11.2. The molecule has 0 atom stereocenters. The number of esters is 1. The maximum Gasteiger partial charge on any atom is 0.331 e. The summed E-state index contributed by atoms with van der Waals surface area (Å²) >= 11 is 0. The second-order valence-electron chi connectivity index (χ2n) is 7.25. The Morgan fingerprint density at radius 2 is 1.94 bits per heavy atom. The molecule has 4 rings (SSSR count). The number of rotatable bonds is 6. The van der Waals surface area contributed by atoms with Gasteiger partial charge in [0.15, 0.2) is 6.61 Å². The fourth-order valence-electron chi connectivity index (χ4n) is 3.21. The quantitative estimate of drug-likeness (QED) is 0.323. The van der Waals surface area contributed by atoms with Gasteiger partial charge in [-0.3, -0.25) is 0 Å². The highest BCUT2D eigenvalue weighted by molar-refractivity contribution is 5.87. The van der Waals surface area contributed by atoms with Gasteiger partial charge in [0, 0.05) is 22.9 Å². The average Bonchev–Trinajstić information content (AvgIpc) is 3.38. The molecule has 7 nitrogen and oxygen atoms in total. The maximum absolute atomic E-state index is 13.7. The Hall–Kier alpha value is -4.07. The molecule has 0 amide bonds. The van der Waals surface area contributed by atoms with E-state index in [1.165, 1.54) is 12.1 Å². The van der Waals surface area contributed by atoms with Gasteiger partial charge in [-0.05, 0) is 50.6 Å². The summed E-state index contributed by atoms with van der Waals surface area (Å²) in [4.78, 5) is 16.3. The van der Waals surface area contributed by atoms with Crippen LogP contribution in [0.5, 0.6) is 0 Å². The first kappa shape index (κ1) is 21.2. The van der Waals surface area contributed by atoms with Crippen LogP contribution in [-0.2, 0) is 16.1 Å². The number of aromatic nitrogens is 4. The summed E-state index contributed by atoms with van der Waals surface area (Å²) in [5.74, 6) is -0.568. The summed E-state index contributed by atoms with van der Waals surface area (Å²) in [6.07, 6.45) is 3.01. The van der Waals surface area contributed by atoms with Crippen molar-refractivity contribution < 1.29 is 18.4 Å². The van der Waals surface area contributed by atoms with Crippen molar-refractivity contribution >= 4 is 12.0 Å². The van der Waals surface area contributed by atoms with E-state index in [1.807, 2.05) is 48.9 Å². The van der Waals surface area contributed by atoms with Crippen molar-refractivity contribution in [1.29, 1.82) is 0 Å². The minimum Gasteiger partial charge on any atom is -0.452 e. The van der Waals surface area contributed by atoms with Crippen molar-refractivity contribution in [2.45, 2.75) is 27.4 Å². The minimum absolute atomic E-state index is 0.118. The van der Waals surface area contributed by atoms with E-state index in [4.69, 9.17) is 9.26 Å². The highest BCUT2D eigenvalue weighted by Crippen LogP contribution is 2.20. The molecule has 8 heteroatoms. The molecular weight excluding hydrogens is 411 g/mol.